The van der Waals surface area contributed by atoms with E-state index in [4.69, 9.17) is 0 Å². The Morgan fingerprint density at radius 2 is 1.93 bits per heavy atom. The predicted octanol–water partition coefficient (Wildman–Crippen LogP) is 2.73. The van der Waals surface area contributed by atoms with Gasteiger partial charge in [-0.2, -0.15) is 5.10 Å². The molecule has 4 rings (SSSR count). The fourth-order valence-corrected chi connectivity index (χ4v) is 3.52. The summed E-state index contributed by atoms with van der Waals surface area (Å²) in [6, 6.07) is 18.3. The number of H-pyrrole nitrogens is 1. The Labute approximate surface area is 173 Å². The maximum atomic E-state index is 12.7. The van der Waals surface area contributed by atoms with Crippen molar-refractivity contribution in [3.05, 3.63) is 82.1 Å². The quantitative estimate of drug-likeness (QED) is 0.686. The SMILES string of the molecule is Cc1ccc(CN2CC(C(=O)Nc3cccc(-c4ccc(=O)[nH]n4)c3)CC2=O)cc1. The minimum Gasteiger partial charge on any atom is -0.338 e. The molecule has 0 spiro atoms. The van der Waals surface area contributed by atoms with Gasteiger partial charge in [-0.15, -0.1) is 0 Å². The van der Waals surface area contributed by atoms with E-state index in [9.17, 15) is 14.4 Å². The van der Waals surface area contributed by atoms with E-state index >= 15 is 0 Å². The van der Waals surface area contributed by atoms with Crippen LogP contribution in [0.5, 0.6) is 0 Å². The van der Waals surface area contributed by atoms with Gasteiger partial charge in [-0.3, -0.25) is 14.4 Å². The minimum atomic E-state index is -0.391. The standard InChI is InChI=1S/C23H22N4O3/c1-15-5-7-16(8-6-15)13-27-14-18(12-22(27)29)23(30)24-19-4-2-3-17(11-19)20-9-10-21(28)26-25-20/h2-11,18H,12-14H2,1H3,(H,24,30)(H,26,28). The summed E-state index contributed by atoms with van der Waals surface area (Å²) < 4.78 is 0. The van der Waals surface area contributed by atoms with Gasteiger partial charge in [0.25, 0.3) is 5.56 Å². The van der Waals surface area contributed by atoms with Crippen LogP contribution in [0.4, 0.5) is 5.69 Å². The van der Waals surface area contributed by atoms with E-state index < -0.39 is 5.92 Å². The van der Waals surface area contributed by atoms with Crippen molar-refractivity contribution in [2.24, 2.45) is 5.92 Å². The molecule has 0 saturated carbocycles. The molecule has 1 fully saturated rings. The molecule has 2 N–H and O–H groups in total. The van der Waals surface area contributed by atoms with Crippen molar-refractivity contribution in [3.63, 3.8) is 0 Å². The molecule has 0 radical (unpaired) electrons. The van der Waals surface area contributed by atoms with E-state index in [1.165, 1.54) is 11.6 Å². The monoisotopic (exact) mass is 402 g/mol. The highest BCUT2D eigenvalue weighted by molar-refractivity contribution is 5.97. The molecule has 1 saturated heterocycles. The number of nitrogens with zero attached hydrogens (tertiary/aromatic N) is 2. The fourth-order valence-electron chi connectivity index (χ4n) is 3.52. The van der Waals surface area contributed by atoms with Gasteiger partial charge in [0.2, 0.25) is 11.8 Å². The van der Waals surface area contributed by atoms with Gasteiger partial charge >= 0.3 is 0 Å². The number of anilines is 1. The van der Waals surface area contributed by atoms with Crippen molar-refractivity contribution in [1.82, 2.24) is 15.1 Å². The second-order valence-corrected chi connectivity index (χ2v) is 7.54. The number of benzene rings is 2. The molecule has 1 aliphatic rings. The van der Waals surface area contributed by atoms with Crippen LogP contribution in [0.15, 0.2) is 65.5 Å². The Hall–Kier alpha value is -3.74. The van der Waals surface area contributed by atoms with Crippen molar-refractivity contribution in [2.45, 2.75) is 19.9 Å². The smallest absolute Gasteiger partial charge is 0.264 e. The summed E-state index contributed by atoms with van der Waals surface area (Å²) in [5.41, 5.74) is 3.94. The first-order valence-electron chi connectivity index (χ1n) is 9.78. The molecule has 2 amide bonds. The second kappa shape index (κ2) is 8.32. The molecule has 3 aromatic rings. The molecule has 2 aromatic carbocycles. The summed E-state index contributed by atoms with van der Waals surface area (Å²) in [4.78, 5) is 38.1. The molecule has 7 nitrogen and oxygen atoms in total. The van der Waals surface area contributed by atoms with Crippen LogP contribution in [-0.2, 0) is 16.1 Å². The van der Waals surface area contributed by atoms with Crippen LogP contribution in [0.25, 0.3) is 11.3 Å². The molecule has 7 heteroatoms. The van der Waals surface area contributed by atoms with Crippen LogP contribution in [0.2, 0.25) is 0 Å². The zero-order valence-electron chi connectivity index (χ0n) is 16.6. The van der Waals surface area contributed by atoms with Gasteiger partial charge in [-0.05, 0) is 30.7 Å². The van der Waals surface area contributed by atoms with Crippen LogP contribution in [0.1, 0.15) is 17.5 Å². The zero-order valence-corrected chi connectivity index (χ0v) is 16.6. The summed E-state index contributed by atoms with van der Waals surface area (Å²) >= 11 is 0. The van der Waals surface area contributed by atoms with E-state index in [0.717, 1.165) is 11.1 Å². The normalized spacial score (nSPS) is 16.0. The molecule has 0 bridgehead atoms. The van der Waals surface area contributed by atoms with Crippen molar-refractivity contribution in [2.75, 3.05) is 11.9 Å². The Balaban J connectivity index is 1.41. The molecule has 1 aromatic heterocycles. The number of hydrogen-bond donors (Lipinski definition) is 2. The molecule has 30 heavy (non-hydrogen) atoms. The van der Waals surface area contributed by atoms with Crippen LogP contribution < -0.4 is 10.9 Å². The highest BCUT2D eigenvalue weighted by Crippen LogP contribution is 2.24. The largest absolute Gasteiger partial charge is 0.338 e. The van der Waals surface area contributed by atoms with Gasteiger partial charge in [0.15, 0.2) is 0 Å². The third-order valence-corrected chi connectivity index (χ3v) is 5.18. The van der Waals surface area contributed by atoms with Crippen molar-refractivity contribution >= 4 is 17.5 Å². The minimum absolute atomic E-state index is 0.0121. The van der Waals surface area contributed by atoms with E-state index in [1.807, 2.05) is 37.3 Å². The second-order valence-electron chi connectivity index (χ2n) is 7.54. The van der Waals surface area contributed by atoms with Gasteiger partial charge in [-0.25, -0.2) is 5.10 Å². The Morgan fingerprint density at radius 1 is 1.13 bits per heavy atom. The van der Waals surface area contributed by atoms with Gasteiger partial charge in [0.05, 0.1) is 11.6 Å². The van der Waals surface area contributed by atoms with Crippen molar-refractivity contribution in [1.29, 1.82) is 0 Å². The maximum Gasteiger partial charge on any atom is 0.264 e. The summed E-state index contributed by atoms with van der Waals surface area (Å²) in [5.74, 6) is -0.582. The van der Waals surface area contributed by atoms with Crippen molar-refractivity contribution < 1.29 is 9.59 Å². The van der Waals surface area contributed by atoms with Gasteiger partial charge in [0, 0.05) is 36.8 Å². The Bertz CT molecular complexity index is 1120. The van der Waals surface area contributed by atoms with Gasteiger partial charge in [0.1, 0.15) is 0 Å². The average molecular weight is 402 g/mol. The average Bonchev–Trinajstić information content (AvgIpc) is 3.11. The number of rotatable bonds is 5. The lowest BCUT2D eigenvalue weighted by molar-refractivity contribution is -0.128. The Morgan fingerprint density at radius 3 is 2.67 bits per heavy atom. The highest BCUT2D eigenvalue weighted by Gasteiger charge is 2.34. The first-order valence-corrected chi connectivity index (χ1v) is 9.78. The number of aryl methyl sites for hydroxylation is 1. The molecule has 152 valence electrons. The molecule has 1 atom stereocenters. The molecule has 2 heterocycles. The van der Waals surface area contributed by atoms with E-state index in [1.54, 1.807) is 29.2 Å². The summed E-state index contributed by atoms with van der Waals surface area (Å²) in [6.45, 7) is 2.93. The molecule has 1 aliphatic heterocycles. The lowest BCUT2D eigenvalue weighted by Crippen LogP contribution is -2.28. The van der Waals surface area contributed by atoms with Gasteiger partial charge < -0.3 is 10.2 Å². The summed E-state index contributed by atoms with van der Waals surface area (Å²) in [7, 11) is 0. The number of hydrogen-bond acceptors (Lipinski definition) is 4. The predicted molar refractivity (Wildman–Crippen MR) is 114 cm³/mol. The van der Waals surface area contributed by atoms with Crippen LogP contribution in [0.3, 0.4) is 0 Å². The topological polar surface area (TPSA) is 95.2 Å². The number of amides is 2. The van der Waals surface area contributed by atoms with Crippen LogP contribution >= 0.6 is 0 Å². The molecular formula is C23H22N4O3. The van der Waals surface area contributed by atoms with E-state index in [2.05, 4.69) is 15.5 Å². The lowest BCUT2D eigenvalue weighted by atomic mass is 10.1. The highest BCUT2D eigenvalue weighted by atomic mass is 16.2. The third-order valence-electron chi connectivity index (χ3n) is 5.18. The van der Waals surface area contributed by atoms with Gasteiger partial charge in [-0.1, -0.05) is 42.0 Å². The Kier molecular flexibility index (Phi) is 5.43. The number of nitrogens with one attached hydrogen (secondary N) is 2. The fraction of sp³-hybridized carbons (Fsp3) is 0.217. The molecular weight excluding hydrogens is 380 g/mol. The number of aromatic nitrogens is 2. The summed E-state index contributed by atoms with van der Waals surface area (Å²) in [5, 5.41) is 9.31. The van der Waals surface area contributed by atoms with Crippen LogP contribution in [-0.4, -0.2) is 33.5 Å². The van der Waals surface area contributed by atoms with Crippen molar-refractivity contribution in [3.8, 4) is 11.3 Å². The number of likely N-dealkylation sites (tertiary alicyclic amines) is 1. The summed E-state index contributed by atoms with van der Waals surface area (Å²) in [6.07, 6.45) is 0.207. The molecule has 0 aliphatic carbocycles. The first kappa shape index (κ1) is 19.6. The van der Waals surface area contributed by atoms with E-state index in [-0.39, 0.29) is 23.8 Å². The third kappa shape index (κ3) is 4.46. The number of aromatic amines is 1. The molecule has 1 unspecified atom stereocenters. The van der Waals surface area contributed by atoms with E-state index in [0.29, 0.717) is 24.5 Å². The number of carbonyl (C=O) groups excluding carboxylic acids is 2. The lowest BCUT2D eigenvalue weighted by Gasteiger charge is -2.17. The first-order chi connectivity index (χ1) is 14.5. The zero-order chi connectivity index (χ0) is 21.1. The number of carbonyl (C=O) groups is 2. The maximum absolute atomic E-state index is 12.7. The van der Waals surface area contributed by atoms with Crippen LogP contribution in [0, 0.1) is 12.8 Å².